The summed E-state index contributed by atoms with van der Waals surface area (Å²) in [6.07, 6.45) is 19.6. The van der Waals surface area contributed by atoms with Crippen LogP contribution in [0.3, 0.4) is 0 Å². The average molecular weight is 2010 g/mol. The highest BCUT2D eigenvalue weighted by Crippen LogP contribution is 2.51. The zero-order valence-electron chi connectivity index (χ0n) is 85.2. The van der Waals surface area contributed by atoms with E-state index in [-0.39, 0.29) is 0 Å². The van der Waals surface area contributed by atoms with Gasteiger partial charge < -0.3 is 122 Å². The normalized spacial score (nSPS) is 23.4. The van der Waals surface area contributed by atoms with Gasteiger partial charge in [-0.1, -0.05) is 128 Å². The van der Waals surface area contributed by atoms with Crippen LogP contribution in [0.5, 0.6) is 28.7 Å². The first-order chi connectivity index (χ1) is 70.4. The van der Waals surface area contributed by atoms with E-state index in [9.17, 15) is 99.0 Å². The third-order valence-electron chi connectivity index (χ3n) is 33.6. The van der Waals surface area contributed by atoms with Gasteiger partial charge in [-0.2, -0.15) is 0 Å². The van der Waals surface area contributed by atoms with Crippen molar-refractivity contribution in [3.05, 3.63) is 229 Å². The number of anilines is 5. The number of nitrogens with two attached hydrogens (primary N) is 2. The summed E-state index contributed by atoms with van der Waals surface area (Å²) in [6, 6.07) is 40.7. The number of aromatic nitrogens is 5. The van der Waals surface area contributed by atoms with Crippen molar-refractivity contribution in [3.63, 3.8) is 0 Å². The molecule has 14 atom stereocenters. The minimum absolute atomic E-state index is 0.294. The van der Waals surface area contributed by atoms with Gasteiger partial charge in [-0.05, 0) is 265 Å². The highest BCUT2D eigenvalue weighted by molar-refractivity contribution is 5.95. The standard InChI is InChI=1S/C25H33N3O4.C23H29N3O4.C23H28N2O4.2C21H25N3O4/c1-4-19-21(26-23(30)20(22(19)29)24(31)32)16-8-10-18(11-9-16)28-13-17-7-5-6-12-25(17,15-28)14-27(2)3;1-3-16-20(25-22(28)19(21(16)27)23(29)30)13-7-9-15(10-8-13)26-11-14-5-4-6-18(24-2)17(14)12-26;1-3-13-5-6-15-11-25(12-18(13)15)16-9-7-14(8-10-16)20-17(4-2)21(26)19(23(28)29)22(27)24-20;2*1-2-14-18(23-20(26)17(19(14)25)21(27)28)11-3-6-13(7-4-11)24-9-12-5-8-16(22)15(12)10-24/h8-11,17H,4-7,12-15H2,1-3H3,(H,31,32)(H2,26,29,30);7-10,14,17-18,24H,3-6,11-12H2,1-2H3,(H,29,30)(H2,25,27,28);7-10,13,15,18H,3-6,11-12H2,1-2H3,(H,28,29)(H2,24,26,27);2*3-4,6-7,12,15-16H,2,5,8-10,22H2,1H3,(H,27,28)(H2,23,25,26)/t17-,25-;14-,17+,18+;13-,15+,18+;12-,15+,16+;12-,15+,16-/m11011/s1. The van der Waals surface area contributed by atoms with E-state index < -0.39 is 114 Å². The predicted molar refractivity (Wildman–Crippen MR) is 569 cm³/mol. The number of fused-ring (bicyclic) bond motifs is 5. The molecule has 5 aliphatic heterocycles. The van der Waals surface area contributed by atoms with E-state index in [2.05, 4.69) is 112 Å². The Kier molecular flexibility index (Phi) is 32.2. The molecule has 147 heavy (non-hydrogen) atoms. The van der Waals surface area contributed by atoms with Crippen LogP contribution < -0.4 is 69.1 Å². The highest BCUT2D eigenvalue weighted by atomic mass is 16.4. The summed E-state index contributed by atoms with van der Waals surface area (Å²) in [5, 5.41) is 101. The topological polar surface area (TPSA) is 535 Å². The number of aromatic carboxylic acids is 5. The lowest BCUT2D eigenvalue weighted by Crippen LogP contribution is -2.42. The fourth-order valence-electron chi connectivity index (χ4n) is 26.1. The van der Waals surface area contributed by atoms with E-state index in [4.69, 9.17) is 11.5 Å². The van der Waals surface area contributed by atoms with Crippen LogP contribution in [0.15, 0.2) is 145 Å². The minimum Gasteiger partial charge on any atom is -0.506 e. The number of nitrogens with zero attached hydrogens (tertiary/aromatic N) is 6. The van der Waals surface area contributed by atoms with Crippen molar-refractivity contribution in [2.45, 2.75) is 182 Å². The number of hydrogen-bond donors (Lipinski definition) is 18. The number of rotatable bonds is 24. The number of pyridine rings is 5. The molecule has 5 aromatic carbocycles. The van der Waals surface area contributed by atoms with Crippen LogP contribution in [0, 0.1) is 64.6 Å². The van der Waals surface area contributed by atoms with E-state index in [0.717, 1.165) is 159 Å². The van der Waals surface area contributed by atoms with Crippen molar-refractivity contribution in [2.24, 2.45) is 76.1 Å². The van der Waals surface area contributed by atoms with E-state index in [1.54, 1.807) is 0 Å². The first-order valence-corrected chi connectivity index (χ1v) is 52.1. The second kappa shape index (κ2) is 44.8. The van der Waals surface area contributed by atoms with Crippen molar-refractivity contribution < 1.29 is 75.0 Å². The maximum atomic E-state index is 12.3. The molecule has 10 fully saturated rings. The Morgan fingerprint density at radius 3 is 0.905 bits per heavy atom. The van der Waals surface area contributed by atoms with E-state index in [1.807, 2.05) is 132 Å². The van der Waals surface area contributed by atoms with Crippen LogP contribution in [0.1, 0.15) is 211 Å². The van der Waals surface area contributed by atoms with Crippen LogP contribution >= 0.6 is 0 Å². The lowest BCUT2D eigenvalue weighted by molar-refractivity contribution is 0.0680. The average Bonchev–Trinajstić information content (AvgIpc) is 1.68. The monoisotopic (exact) mass is 2010 g/mol. The predicted octanol–water partition coefficient (Wildman–Crippen LogP) is 14.6. The molecule has 5 saturated carbocycles. The van der Waals surface area contributed by atoms with Gasteiger partial charge in [0.1, 0.15) is 28.7 Å². The first-order valence-electron chi connectivity index (χ1n) is 52.1. The van der Waals surface area contributed by atoms with Gasteiger partial charge in [-0.25, -0.2) is 24.0 Å². The number of carboxylic acid groups (broad SMARTS) is 5. The van der Waals surface area contributed by atoms with Gasteiger partial charge in [-0.15, -0.1) is 0 Å². The molecule has 5 saturated heterocycles. The molecule has 5 aliphatic carbocycles. The van der Waals surface area contributed by atoms with Crippen molar-refractivity contribution >= 4 is 58.3 Å². The maximum absolute atomic E-state index is 12.3. The Morgan fingerprint density at radius 2 is 0.626 bits per heavy atom. The molecule has 782 valence electrons. The van der Waals surface area contributed by atoms with Gasteiger partial charge in [0.15, 0.2) is 27.8 Å². The number of benzene rings is 5. The lowest BCUT2D eigenvalue weighted by Gasteiger charge is -2.40. The Labute approximate surface area is 853 Å². The Balaban J connectivity index is 0.000000131. The van der Waals surface area contributed by atoms with Gasteiger partial charge in [0.2, 0.25) is 0 Å². The summed E-state index contributed by atoms with van der Waals surface area (Å²) >= 11 is 0. The molecule has 10 heterocycles. The molecule has 5 aromatic heterocycles. The van der Waals surface area contributed by atoms with Gasteiger partial charge in [0, 0.05) is 152 Å². The molecular formula is C113H140N14O20. The summed E-state index contributed by atoms with van der Waals surface area (Å²) in [4.78, 5) is 145. The van der Waals surface area contributed by atoms with Gasteiger partial charge in [-0.3, -0.25) is 24.0 Å². The van der Waals surface area contributed by atoms with Crippen molar-refractivity contribution in [3.8, 4) is 85.0 Å². The van der Waals surface area contributed by atoms with Crippen molar-refractivity contribution in [1.29, 1.82) is 0 Å². The number of nitrogens with one attached hydrogen (secondary N) is 6. The van der Waals surface area contributed by atoms with Gasteiger partial charge in [0.25, 0.3) is 27.8 Å². The van der Waals surface area contributed by atoms with Gasteiger partial charge >= 0.3 is 29.8 Å². The van der Waals surface area contributed by atoms with Crippen molar-refractivity contribution in [2.75, 3.05) is 118 Å². The first kappa shape index (κ1) is 106. The van der Waals surface area contributed by atoms with E-state index >= 15 is 0 Å². The Bertz CT molecular complexity index is 6700. The summed E-state index contributed by atoms with van der Waals surface area (Å²) in [5.74, 6) is -2.43. The number of aromatic amines is 5. The summed E-state index contributed by atoms with van der Waals surface area (Å²) in [5.41, 5.74) is 19.7. The number of H-pyrrole nitrogens is 5. The summed E-state index contributed by atoms with van der Waals surface area (Å²) < 4.78 is 0. The molecule has 20 N–H and O–H groups in total. The number of carboxylic acids is 5. The summed E-state index contributed by atoms with van der Waals surface area (Å²) in [7, 11) is 6.38. The van der Waals surface area contributed by atoms with E-state index in [1.165, 1.54) is 82.7 Å². The van der Waals surface area contributed by atoms with Gasteiger partial charge in [0.05, 0.1) is 28.5 Å². The molecule has 34 nitrogen and oxygen atoms in total. The molecule has 0 radical (unpaired) electrons. The summed E-state index contributed by atoms with van der Waals surface area (Å²) in [6.45, 7) is 22.9. The minimum atomic E-state index is -1.44. The third kappa shape index (κ3) is 21.4. The smallest absolute Gasteiger partial charge is 0.345 e. The maximum Gasteiger partial charge on any atom is 0.345 e. The fraction of sp³-hybridized carbons (Fsp3) is 0.469. The number of carbonyl (C=O) groups is 5. The zero-order chi connectivity index (χ0) is 105. The lowest BCUT2D eigenvalue weighted by atomic mass is 9.68. The molecule has 0 unspecified atom stereocenters. The molecular weight excluding hydrogens is 1870 g/mol. The van der Waals surface area contributed by atoms with Crippen LogP contribution in [0.2, 0.25) is 0 Å². The molecule has 0 bridgehead atoms. The number of hydrogen-bond acceptors (Lipinski definition) is 24. The van der Waals surface area contributed by atoms with Crippen LogP contribution in [-0.4, -0.2) is 222 Å². The molecule has 10 aromatic rings. The fourth-order valence-corrected chi connectivity index (χ4v) is 26.1. The molecule has 34 heteroatoms. The van der Waals surface area contributed by atoms with Crippen molar-refractivity contribution in [1.82, 2.24) is 35.1 Å². The molecule has 10 aliphatic rings. The number of aromatic hydroxyl groups is 5. The molecule has 20 rings (SSSR count). The Hall–Kier alpha value is -14.0. The zero-order valence-corrected chi connectivity index (χ0v) is 85.2. The molecule has 0 amide bonds. The van der Waals surface area contributed by atoms with Crippen LogP contribution in [-0.2, 0) is 32.1 Å². The second-order valence-electron chi connectivity index (χ2n) is 42.0. The SMILES string of the molecule is CCc1c(-c2ccc(N3C[C@H]4CCCC[C@@]4(CN(C)C)C3)cc2)[nH]c(=O)c(C(=O)O)c1O.CCc1c(-c2ccc(N3C[C@H]4CCC[C@H](NC)[C@H]4C3)cc2)[nH]c(=O)c(C(=O)O)c1O.CCc1c(-c2ccc(N3C[C@H]4CC[C@@H](N)[C@H]4C3)cc2)[nH]c(=O)c(C(=O)O)c1O.CCc1c(-c2ccc(N3C[C@H]4CC[C@H](CC)[C@H]4C3)cc2)[nH]c(=O)c(C(=O)O)c1O.CCc1c(-c2ccc(N3C[C@H]4CC[C@H](N)[C@H]4C3)cc2)[nH]c(=O)c(C(=O)O)c1O. The highest BCUT2D eigenvalue weighted by Gasteiger charge is 2.50. The van der Waals surface area contributed by atoms with Crippen LogP contribution in [0.4, 0.5) is 28.4 Å². The largest absolute Gasteiger partial charge is 0.506 e. The van der Waals surface area contributed by atoms with Crippen LogP contribution in [0.25, 0.3) is 56.3 Å². The second-order valence-corrected chi connectivity index (χ2v) is 42.0. The molecule has 0 spiro atoms. The quantitative estimate of drug-likeness (QED) is 0.0267. The van der Waals surface area contributed by atoms with E-state index in [0.29, 0.717) is 147 Å². The third-order valence-corrected chi connectivity index (χ3v) is 33.6. The Morgan fingerprint density at radius 1 is 0.347 bits per heavy atom.